The van der Waals surface area contributed by atoms with Crippen molar-refractivity contribution < 1.29 is 0 Å². The Morgan fingerprint density at radius 1 is 0.364 bits per heavy atom. The fourth-order valence-electron chi connectivity index (χ4n) is 7.33. The lowest BCUT2D eigenvalue weighted by Crippen LogP contribution is -2.26. The average Bonchev–Trinajstić information content (AvgIpc) is 3.55. The van der Waals surface area contributed by atoms with E-state index in [1.54, 1.807) is 0 Å². The first-order valence-electron chi connectivity index (χ1n) is 15.0. The average molecular weight is 562 g/mol. The molecule has 0 aliphatic heterocycles. The molecule has 0 saturated heterocycles. The number of hydrogen-bond donors (Lipinski definition) is 0. The monoisotopic (exact) mass is 561 g/mol. The van der Waals surface area contributed by atoms with Gasteiger partial charge < -0.3 is 0 Å². The van der Waals surface area contributed by atoms with Crippen LogP contribution in [0, 0.1) is 6.92 Å². The number of aromatic nitrogens is 3. The molecule has 206 valence electrons. The van der Waals surface area contributed by atoms with Crippen molar-refractivity contribution in [3.63, 3.8) is 0 Å². The number of rotatable bonds is 3. The van der Waals surface area contributed by atoms with Crippen molar-refractivity contribution >= 4 is 0 Å². The molecule has 0 fully saturated rings. The Morgan fingerprint density at radius 2 is 0.795 bits per heavy atom. The van der Waals surface area contributed by atoms with E-state index in [9.17, 15) is 0 Å². The van der Waals surface area contributed by atoms with E-state index in [4.69, 9.17) is 15.0 Å². The zero-order chi connectivity index (χ0) is 29.3. The van der Waals surface area contributed by atoms with Gasteiger partial charge in [-0.3, -0.25) is 0 Å². The van der Waals surface area contributed by atoms with Gasteiger partial charge in [0.25, 0.3) is 0 Å². The van der Waals surface area contributed by atoms with E-state index in [0.717, 1.165) is 16.7 Å². The molecular formula is C41H27N3. The third kappa shape index (κ3) is 3.47. The lowest BCUT2D eigenvalue weighted by Gasteiger charge is -2.30. The molecule has 0 N–H and O–H groups in total. The highest BCUT2D eigenvalue weighted by atomic mass is 15.0. The second-order valence-corrected chi connectivity index (χ2v) is 11.7. The molecule has 0 atom stereocenters. The number of aryl methyl sites for hydroxylation is 1. The van der Waals surface area contributed by atoms with E-state index >= 15 is 0 Å². The van der Waals surface area contributed by atoms with Gasteiger partial charge in [-0.25, -0.2) is 15.0 Å². The Hall–Kier alpha value is -5.67. The zero-order valence-electron chi connectivity index (χ0n) is 24.2. The van der Waals surface area contributed by atoms with E-state index in [0.29, 0.717) is 17.5 Å². The molecule has 3 heteroatoms. The smallest absolute Gasteiger partial charge is 0.164 e. The summed E-state index contributed by atoms with van der Waals surface area (Å²) in [5, 5.41) is 0. The van der Waals surface area contributed by atoms with Gasteiger partial charge in [-0.05, 0) is 57.5 Å². The first-order valence-corrected chi connectivity index (χ1v) is 15.0. The highest BCUT2D eigenvalue weighted by molar-refractivity contribution is 5.95. The number of fused-ring (bicyclic) bond motifs is 10. The number of hydrogen-bond acceptors (Lipinski definition) is 3. The van der Waals surface area contributed by atoms with Crippen LogP contribution < -0.4 is 0 Å². The molecule has 2 aliphatic carbocycles. The van der Waals surface area contributed by atoms with Crippen LogP contribution in [0.5, 0.6) is 0 Å². The summed E-state index contributed by atoms with van der Waals surface area (Å²) in [6.07, 6.45) is 0. The minimum absolute atomic E-state index is 0.419. The highest BCUT2D eigenvalue weighted by Crippen LogP contribution is 2.63. The van der Waals surface area contributed by atoms with E-state index in [1.807, 2.05) is 36.4 Å². The summed E-state index contributed by atoms with van der Waals surface area (Å²) < 4.78 is 0. The quantitative estimate of drug-likeness (QED) is 0.216. The van der Waals surface area contributed by atoms with Crippen molar-refractivity contribution in [2.75, 3.05) is 0 Å². The summed E-state index contributed by atoms with van der Waals surface area (Å²) in [5.74, 6) is 2.00. The summed E-state index contributed by atoms with van der Waals surface area (Å²) in [7, 11) is 0. The van der Waals surface area contributed by atoms with Crippen molar-refractivity contribution in [2.24, 2.45) is 0 Å². The van der Waals surface area contributed by atoms with Crippen LogP contribution in [0.25, 0.3) is 56.4 Å². The van der Waals surface area contributed by atoms with Gasteiger partial charge in [-0.1, -0.05) is 145 Å². The Kier molecular flexibility index (Phi) is 5.33. The van der Waals surface area contributed by atoms with Gasteiger partial charge in [0, 0.05) is 16.7 Å². The summed E-state index contributed by atoms with van der Waals surface area (Å²) in [6, 6.07) is 51.8. The molecule has 6 aromatic carbocycles. The summed E-state index contributed by atoms with van der Waals surface area (Å²) in [6.45, 7) is 2.19. The number of nitrogens with zero attached hydrogens (tertiary/aromatic N) is 3. The minimum Gasteiger partial charge on any atom is -0.208 e. The van der Waals surface area contributed by atoms with Crippen LogP contribution in [0.2, 0.25) is 0 Å². The van der Waals surface area contributed by atoms with Crippen molar-refractivity contribution in [2.45, 2.75) is 12.3 Å². The lowest BCUT2D eigenvalue weighted by molar-refractivity contribution is 0.792. The molecule has 1 spiro atoms. The SMILES string of the molecule is Cc1ccc2c(c1)C1(c3ccccc3-c3ccccc31)c1cc(-c3nc(-c4ccccc4)nc(-c4ccccc4)n3)ccc1-2. The van der Waals surface area contributed by atoms with Crippen LogP contribution in [-0.4, -0.2) is 15.0 Å². The normalized spacial score (nSPS) is 13.3. The molecule has 3 nitrogen and oxygen atoms in total. The van der Waals surface area contributed by atoms with Crippen LogP contribution in [-0.2, 0) is 5.41 Å². The fourth-order valence-corrected chi connectivity index (χ4v) is 7.33. The van der Waals surface area contributed by atoms with Gasteiger partial charge in [0.1, 0.15) is 0 Å². The van der Waals surface area contributed by atoms with Gasteiger partial charge >= 0.3 is 0 Å². The van der Waals surface area contributed by atoms with Crippen molar-refractivity contribution in [1.82, 2.24) is 15.0 Å². The summed E-state index contributed by atoms with van der Waals surface area (Å²) in [5.41, 5.74) is 14.2. The number of benzene rings is 6. The van der Waals surface area contributed by atoms with Crippen LogP contribution >= 0.6 is 0 Å². The summed E-state index contributed by atoms with van der Waals surface area (Å²) >= 11 is 0. The molecule has 0 saturated carbocycles. The predicted molar refractivity (Wildman–Crippen MR) is 177 cm³/mol. The highest BCUT2D eigenvalue weighted by Gasteiger charge is 2.51. The van der Waals surface area contributed by atoms with Gasteiger partial charge in [0.15, 0.2) is 17.5 Å². The minimum atomic E-state index is -0.419. The Labute approximate surface area is 256 Å². The Balaban J connectivity index is 1.33. The zero-order valence-corrected chi connectivity index (χ0v) is 24.2. The first-order chi connectivity index (χ1) is 21.7. The van der Waals surface area contributed by atoms with Crippen LogP contribution in [0.1, 0.15) is 27.8 Å². The maximum Gasteiger partial charge on any atom is 0.164 e. The van der Waals surface area contributed by atoms with Gasteiger partial charge in [0.2, 0.25) is 0 Å². The Bertz CT molecular complexity index is 2130. The molecule has 0 unspecified atom stereocenters. The maximum absolute atomic E-state index is 5.07. The predicted octanol–water partition coefficient (Wildman–Crippen LogP) is 9.52. The molecule has 0 bridgehead atoms. The van der Waals surface area contributed by atoms with Gasteiger partial charge in [0.05, 0.1) is 5.41 Å². The molecule has 0 radical (unpaired) electrons. The van der Waals surface area contributed by atoms with Crippen LogP contribution in [0.4, 0.5) is 0 Å². The largest absolute Gasteiger partial charge is 0.208 e. The van der Waals surface area contributed by atoms with Crippen molar-refractivity contribution in [3.8, 4) is 56.4 Å². The van der Waals surface area contributed by atoms with Crippen molar-refractivity contribution in [1.29, 1.82) is 0 Å². The van der Waals surface area contributed by atoms with Crippen LogP contribution in [0.15, 0.2) is 146 Å². The molecule has 2 aliphatic rings. The molecule has 44 heavy (non-hydrogen) atoms. The lowest BCUT2D eigenvalue weighted by atomic mass is 9.70. The fraction of sp³-hybridized carbons (Fsp3) is 0.0488. The van der Waals surface area contributed by atoms with Crippen LogP contribution in [0.3, 0.4) is 0 Å². The second kappa shape index (κ2) is 9.42. The molecule has 0 amide bonds. The molecule has 1 heterocycles. The first kappa shape index (κ1) is 24.9. The molecule has 1 aromatic heterocycles. The van der Waals surface area contributed by atoms with Gasteiger partial charge in [-0.2, -0.15) is 0 Å². The standard InChI is InChI=1S/C41H27N3/c1-26-20-22-32-33-23-21-29(40-43-38(27-12-4-2-5-13-27)42-39(44-40)28-14-6-3-7-15-28)25-37(33)41(36(32)24-26)34-18-10-8-16-30(34)31-17-9-11-19-35(31)41/h2-25H,1H3. The third-order valence-corrected chi connectivity index (χ3v) is 9.20. The maximum atomic E-state index is 5.07. The van der Waals surface area contributed by atoms with E-state index in [-0.39, 0.29) is 0 Å². The third-order valence-electron chi connectivity index (χ3n) is 9.20. The molecular weight excluding hydrogens is 534 g/mol. The van der Waals surface area contributed by atoms with E-state index in [2.05, 4.69) is 116 Å². The topological polar surface area (TPSA) is 38.7 Å². The Morgan fingerprint density at radius 3 is 1.36 bits per heavy atom. The molecule has 7 aromatic rings. The van der Waals surface area contributed by atoms with E-state index < -0.39 is 5.41 Å². The summed E-state index contributed by atoms with van der Waals surface area (Å²) in [4.78, 5) is 15.1. The second-order valence-electron chi connectivity index (χ2n) is 11.7. The van der Waals surface area contributed by atoms with E-state index in [1.165, 1.54) is 50.1 Å². The molecule has 9 rings (SSSR count). The van der Waals surface area contributed by atoms with Crippen molar-refractivity contribution in [3.05, 3.63) is 173 Å². The van der Waals surface area contributed by atoms with Gasteiger partial charge in [-0.15, -0.1) is 0 Å².